The van der Waals surface area contributed by atoms with Crippen LogP contribution < -0.4 is 10.2 Å². The summed E-state index contributed by atoms with van der Waals surface area (Å²) in [5.74, 6) is -2.19. The standard InChI is InChI=1S/C27H27F2N3O4/c28-22-9-16(10-23(29)24(22)31-7-5-15(6-8-31)17-13-36-14-17)21-11-18(30-25(21)33)12-32-26(34)19-3-1-2-4-20(19)27(32)35/h1-4,9-10,15,17-18,21H,5-8,11-14H2,(H,30,33)/t18?,21-/m0/s1. The normalized spacial score (nSPS) is 24.8. The molecule has 6 rings (SSSR count). The quantitative estimate of drug-likeness (QED) is 0.645. The van der Waals surface area contributed by atoms with Gasteiger partial charge >= 0.3 is 0 Å². The zero-order chi connectivity index (χ0) is 25.0. The number of nitrogens with one attached hydrogen (secondary N) is 1. The molecule has 0 aromatic heterocycles. The Morgan fingerprint density at radius 3 is 2.08 bits per heavy atom. The van der Waals surface area contributed by atoms with E-state index in [9.17, 15) is 14.4 Å². The van der Waals surface area contributed by atoms with Gasteiger partial charge in [-0.05, 0) is 55.0 Å². The molecule has 188 valence electrons. The van der Waals surface area contributed by atoms with Crippen molar-refractivity contribution in [1.82, 2.24) is 10.2 Å². The fourth-order valence-electron chi connectivity index (χ4n) is 5.99. The van der Waals surface area contributed by atoms with Crippen molar-refractivity contribution in [3.8, 4) is 0 Å². The molecular weight excluding hydrogens is 468 g/mol. The summed E-state index contributed by atoms with van der Waals surface area (Å²) in [4.78, 5) is 40.9. The molecule has 4 heterocycles. The highest BCUT2D eigenvalue weighted by Gasteiger charge is 2.41. The zero-order valence-corrected chi connectivity index (χ0v) is 19.7. The van der Waals surface area contributed by atoms with Crippen molar-refractivity contribution in [1.29, 1.82) is 0 Å². The molecule has 9 heteroatoms. The number of nitrogens with zero attached hydrogens (tertiary/aromatic N) is 2. The van der Waals surface area contributed by atoms with E-state index in [2.05, 4.69) is 5.32 Å². The minimum atomic E-state index is -0.757. The first-order valence-corrected chi connectivity index (χ1v) is 12.5. The third kappa shape index (κ3) is 3.86. The smallest absolute Gasteiger partial charge is 0.261 e. The third-order valence-electron chi connectivity index (χ3n) is 8.09. The Hall–Kier alpha value is -3.33. The van der Waals surface area contributed by atoms with Crippen molar-refractivity contribution in [2.45, 2.75) is 31.2 Å². The number of ether oxygens (including phenoxy) is 1. The molecule has 0 aliphatic carbocycles. The van der Waals surface area contributed by atoms with Crippen LogP contribution in [-0.4, -0.2) is 61.5 Å². The lowest BCUT2D eigenvalue weighted by Gasteiger charge is -2.40. The summed E-state index contributed by atoms with van der Waals surface area (Å²) in [5.41, 5.74) is 0.905. The van der Waals surface area contributed by atoms with Crippen LogP contribution in [0.15, 0.2) is 36.4 Å². The average Bonchev–Trinajstić information content (AvgIpc) is 3.31. The van der Waals surface area contributed by atoms with Crippen LogP contribution in [0.2, 0.25) is 0 Å². The molecule has 2 atom stereocenters. The summed E-state index contributed by atoms with van der Waals surface area (Å²) in [6.07, 6.45) is 1.98. The number of amides is 3. The van der Waals surface area contributed by atoms with Gasteiger partial charge < -0.3 is 15.0 Å². The van der Waals surface area contributed by atoms with Crippen LogP contribution in [0.1, 0.15) is 51.5 Å². The van der Waals surface area contributed by atoms with E-state index in [1.54, 1.807) is 29.2 Å². The number of rotatable bonds is 5. The number of benzene rings is 2. The summed E-state index contributed by atoms with van der Waals surface area (Å²) in [7, 11) is 0. The molecule has 3 fully saturated rings. The molecular formula is C27H27F2N3O4. The number of fused-ring (bicyclic) bond motifs is 1. The topological polar surface area (TPSA) is 79.0 Å². The number of hydrogen-bond donors (Lipinski definition) is 1. The van der Waals surface area contributed by atoms with Crippen molar-refractivity contribution >= 4 is 23.4 Å². The lowest BCUT2D eigenvalue weighted by Crippen LogP contribution is -2.42. The molecule has 4 aliphatic heterocycles. The Morgan fingerprint density at radius 1 is 0.917 bits per heavy atom. The van der Waals surface area contributed by atoms with Crippen LogP contribution in [-0.2, 0) is 9.53 Å². The highest BCUT2D eigenvalue weighted by atomic mass is 19.1. The van der Waals surface area contributed by atoms with E-state index in [-0.39, 0.29) is 30.1 Å². The van der Waals surface area contributed by atoms with Gasteiger partial charge in [-0.3, -0.25) is 19.3 Å². The van der Waals surface area contributed by atoms with Gasteiger partial charge in [-0.1, -0.05) is 12.1 Å². The number of imide groups is 1. The Labute approximate surface area is 207 Å². The Kier molecular flexibility index (Phi) is 5.75. The van der Waals surface area contributed by atoms with Crippen LogP contribution in [0, 0.1) is 23.5 Å². The molecule has 0 bridgehead atoms. The SMILES string of the molecule is O=C1NC(CN2C(=O)c3ccccc3C2=O)C[C@H]1c1cc(F)c(N2CCC(C3COC3)CC2)c(F)c1. The highest BCUT2D eigenvalue weighted by Crippen LogP contribution is 2.36. The zero-order valence-electron chi connectivity index (χ0n) is 19.7. The predicted octanol–water partition coefficient (Wildman–Crippen LogP) is 3.10. The van der Waals surface area contributed by atoms with Crippen LogP contribution in [0.3, 0.4) is 0 Å². The van der Waals surface area contributed by atoms with Crippen molar-refractivity contribution < 1.29 is 27.9 Å². The van der Waals surface area contributed by atoms with Crippen LogP contribution in [0.5, 0.6) is 0 Å². The van der Waals surface area contributed by atoms with Gasteiger partial charge in [0.05, 0.1) is 30.3 Å². The second-order valence-electron chi connectivity index (χ2n) is 10.2. The van der Waals surface area contributed by atoms with E-state index in [1.165, 1.54) is 12.1 Å². The first kappa shape index (κ1) is 23.1. The summed E-state index contributed by atoms with van der Waals surface area (Å²) >= 11 is 0. The maximum atomic E-state index is 15.2. The van der Waals surface area contributed by atoms with Gasteiger partial charge in [0.1, 0.15) is 17.3 Å². The van der Waals surface area contributed by atoms with Crippen molar-refractivity contribution in [3.63, 3.8) is 0 Å². The van der Waals surface area contributed by atoms with E-state index < -0.39 is 35.4 Å². The molecule has 36 heavy (non-hydrogen) atoms. The molecule has 2 aromatic carbocycles. The molecule has 0 spiro atoms. The maximum absolute atomic E-state index is 15.2. The Morgan fingerprint density at radius 2 is 1.53 bits per heavy atom. The molecule has 2 aromatic rings. The lowest BCUT2D eigenvalue weighted by atomic mass is 9.83. The number of carbonyl (C=O) groups is 3. The molecule has 7 nitrogen and oxygen atoms in total. The van der Waals surface area contributed by atoms with Crippen molar-refractivity contribution in [2.24, 2.45) is 11.8 Å². The van der Waals surface area contributed by atoms with Crippen molar-refractivity contribution in [3.05, 3.63) is 64.7 Å². The van der Waals surface area contributed by atoms with Gasteiger partial charge in [-0.15, -0.1) is 0 Å². The van der Waals surface area contributed by atoms with Crippen LogP contribution >= 0.6 is 0 Å². The molecule has 1 N–H and O–H groups in total. The van der Waals surface area contributed by atoms with Crippen LogP contribution in [0.4, 0.5) is 14.5 Å². The molecule has 3 saturated heterocycles. The number of carbonyl (C=O) groups excluding carboxylic acids is 3. The lowest BCUT2D eigenvalue weighted by molar-refractivity contribution is -0.120. The van der Waals surface area contributed by atoms with E-state index >= 15 is 8.78 Å². The summed E-state index contributed by atoms with van der Waals surface area (Å²) in [5, 5.41) is 2.79. The van der Waals surface area contributed by atoms with Crippen molar-refractivity contribution in [2.75, 3.05) is 37.7 Å². The summed E-state index contributed by atoms with van der Waals surface area (Å²) in [6, 6.07) is 8.59. The Bertz CT molecular complexity index is 1180. The molecule has 3 amide bonds. The van der Waals surface area contributed by atoms with Crippen LogP contribution in [0.25, 0.3) is 0 Å². The second-order valence-corrected chi connectivity index (χ2v) is 10.2. The van der Waals surface area contributed by atoms with E-state index in [0.717, 1.165) is 31.0 Å². The fraction of sp³-hybridized carbons (Fsp3) is 0.444. The minimum Gasteiger partial charge on any atom is -0.381 e. The number of piperidine rings is 1. The number of halogens is 2. The fourth-order valence-corrected chi connectivity index (χ4v) is 5.99. The molecule has 0 saturated carbocycles. The largest absolute Gasteiger partial charge is 0.381 e. The van der Waals surface area contributed by atoms with Gasteiger partial charge in [-0.25, -0.2) is 8.78 Å². The third-order valence-corrected chi connectivity index (χ3v) is 8.09. The molecule has 0 radical (unpaired) electrons. The molecule has 1 unspecified atom stereocenters. The minimum absolute atomic E-state index is 0.0125. The highest BCUT2D eigenvalue weighted by molar-refractivity contribution is 6.21. The first-order chi connectivity index (χ1) is 17.4. The van der Waals surface area contributed by atoms with E-state index in [4.69, 9.17) is 4.74 Å². The van der Waals surface area contributed by atoms with E-state index in [0.29, 0.717) is 36.1 Å². The average molecular weight is 496 g/mol. The van der Waals surface area contributed by atoms with Gasteiger partial charge in [0.15, 0.2) is 0 Å². The predicted molar refractivity (Wildman–Crippen MR) is 127 cm³/mol. The van der Waals surface area contributed by atoms with Gasteiger partial charge in [0.25, 0.3) is 11.8 Å². The van der Waals surface area contributed by atoms with Gasteiger partial charge in [0.2, 0.25) is 5.91 Å². The monoisotopic (exact) mass is 495 g/mol. The number of hydrogen-bond acceptors (Lipinski definition) is 5. The Balaban J connectivity index is 1.14. The summed E-state index contributed by atoms with van der Waals surface area (Å²) in [6.45, 7) is 2.74. The van der Waals surface area contributed by atoms with E-state index in [1.807, 2.05) is 0 Å². The first-order valence-electron chi connectivity index (χ1n) is 12.5. The number of anilines is 1. The van der Waals surface area contributed by atoms with Gasteiger partial charge in [-0.2, -0.15) is 0 Å². The maximum Gasteiger partial charge on any atom is 0.261 e. The van der Waals surface area contributed by atoms with Gasteiger partial charge in [0, 0.05) is 31.6 Å². The second kappa shape index (κ2) is 8.96. The summed E-state index contributed by atoms with van der Waals surface area (Å²) < 4.78 is 35.6. The molecule has 4 aliphatic rings.